The second-order valence-electron chi connectivity index (χ2n) is 7.47. The van der Waals surface area contributed by atoms with E-state index in [4.69, 9.17) is 14.6 Å². The third-order valence-electron chi connectivity index (χ3n) is 5.59. The van der Waals surface area contributed by atoms with Gasteiger partial charge in [0.2, 0.25) is 0 Å². The number of amides is 1. The van der Waals surface area contributed by atoms with E-state index in [2.05, 4.69) is 0 Å². The van der Waals surface area contributed by atoms with Crippen LogP contribution in [0.2, 0.25) is 0 Å². The Balaban J connectivity index is 1.76. The molecule has 6 heteroatoms. The molecule has 1 amide bonds. The summed E-state index contributed by atoms with van der Waals surface area (Å²) in [6, 6.07) is 5.32. The fourth-order valence-corrected chi connectivity index (χ4v) is 4.11. The maximum atomic E-state index is 13.1. The summed E-state index contributed by atoms with van der Waals surface area (Å²) in [4.78, 5) is 25.9. The van der Waals surface area contributed by atoms with Gasteiger partial charge in [-0.15, -0.1) is 0 Å². The number of carbonyl (C=O) groups excluding carboxylic acids is 1. The van der Waals surface area contributed by atoms with Crippen LogP contribution in [0.1, 0.15) is 68.1 Å². The molecule has 148 valence electrons. The number of hydrogen-bond acceptors (Lipinski definition) is 4. The Labute approximate surface area is 160 Å². The van der Waals surface area contributed by atoms with Crippen LogP contribution in [-0.4, -0.2) is 47.7 Å². The lowest BCUT2D eigenvalue weighted by molar-refractivity contribution is -0.137. The molecule has 27 heavy (non-hydrogen) atoms. The highest BCUT2D eigenvalue weighted by molar-refractivity contribution is 5.95. The van der Waals surface area contributed by atoms with Crippen LogP contribution in [0.15, 0.2) is 18.2 Å². The average Bonchev–Trinajstić information content (AvgIpc) is 3.19. The monoisotopic (exact) mass is 375 g/mol. The number of rotatable bonds is 7. The molecule has 1 aliphatic heterocycles. The average molecular weight is 375 g/mol. The van der Waals surface area contributed by atoms with Gasteiger partial charge in [-0.2, -0.15) is 0 Å². The summed E-state index contributed by atoms with van der Waals surface area (Å²) >= 11 is 0. The maximum Gasteiger partial charge on any atom is 0.303 e. The van der Waals surface area contributed by atoms with E-state index in [1.165, 1.54) is 12.8 Å². The van der Waals surface area contributed by atoms with Gasteiger partial charge in [0.25, 0.3) is 5.91 Å². The van der Waals surface area contributed by atoms with E-state index in [0.717, 1.165) is 32.1 Å². The summed E-state index contributed by atoms with van der Waals surface area (Å²) in [5.74, 6) is 0.391. The second-order valence-corrected chi connectivity index (χ2v) is 7.47. The lowest BCUT2D eigenvalue weighted by atomic mass is 9.97. The smallest absolute Gasteiger partial charge is 0.303 e. The van der Waals surface area contributed by atoms with Crippen molar-refractivity contribution in [3.05, 3.63) is 23.8 Å². The highest BCUT2D eigenvalue weighted by Crippen LogP contribution is 2.33. The number of carboxylic acids is 1. The predicted octanol–water partition coefficient (Wildman–Crippen LogP) is 3.88. The molecule has 6 nitrogen and oxygen atoms in total. The summed E-state index contributed by atoms with van der Waals surface area (Å²) in [5, 5.41) is 8.98. The van der Waals surface area contributed by atoms with Gasteiger partial charge in [-0.3, -0.25) is 9.59 Å². The van der Waals surface area contributed by atoms with Gasteiger partial charge >= 0.3 is 5.97 Å². The van der Waals surface area contributed by atoms with E-state index in [1.54, 1.807) is 25.3 Å². The van der Waals surface area contributed by atoms with Gasteiger partial charge in [0, 0.05) is 24.6 Å². The Morgan fingerprint density at radius 3 is 2.56 bits per heavy atom. The number of likely N-dealkylation sites (tertiary alicyclic amines) is 1. The number of carbonyl (C=O) groups is 2. The van der Waals surface area contributed by atoms with Gasteiger partial charge in [0.05, 0.1) is 13.2 Å². The molecule has 1 heterocycles. The molecule has 1 saturated carbocycles. The van der Waals surface area contributed by atoms with Crippen molar-refractivity contribution in [1.29, 1.82) is 0 Å². The number of ether oxygens (including phenoxy) is 2. The lowest BCUT2D eigenvalue weighted by Gasteiger charge is -2.36. The van der Waals surface area contributed by atoms with Crippen molar-refractivity contribution in [1.82, 2.24) is 4.90 Å². The summed E-state index contributed by atoms with van der Waals surface area (Å²) in [5.41, 5.74) is 0.575. The molecule has 1 unspecified atom stereocenters. The third kappa shape index (κ3) is 4.93. The summed E-state index contributed by atoms with van der Waals surface area (Å²) in [6.45, 7) is 0.675. The summed E-state index contributed by atoms with van der Waals surface area (Å²) in [6.07, 6.45) is 8.03. The first-order valence-corrected chi connectivity index (χ1v) is 9.96. The molecule has 2 fully saturated rings. The van der Waals surface area contributed by atoms with E-state index < -0.39 is 5.97 Å². The number of aliphatic carboxylic acids is 1. The molecule has 1 aromatic carbocycles. The van der Waals surface area contributed by atoms with Gasteiger partial charge in [0.1, 0.15) is 0 Å². The van der Waals surface area contributed by atoms with Crippen molar-refractivity contribution in [3.63, 3.8) is 0 Å². The Morgan fingerprint density at radius 2 is 1.85 bits per heavy atom. The molecule has 3 rings (SSSR count). The van der Waals surface area contributed by atoms with Crippen LogP contribution < -0.4 is 9.47 Å². The third-order valence-corrected chi connectivity index (χ3v) is 5.59. The van der Waals surface area contributed by atoms with Gasteiger partial charge in [0.15, 0.2) is 11.5 Å². The van der Waals surface area contributed by atoms with Crippen molar-refractivity contribution in [2.24, 2.45) is 0 Å². The van der Waals surface area contributed by atoms with Crippen LogP contribution in [0.4, 0.5) is 0 Å². The maximum absolute atomic E-state index is 13.1. The molecule has 0 spiro atoms. The standard InChI is InChI=1S/C21H29NO5/c1-26-18-11-9-15(14-19(18)27-17-7-2-3-8-17)21(25)22-13-5-4-6-16(22)10-12-20(23)24/h9,11,14,16-17H,2-8,10,12-13H2,1H3,(H,23,24). The van der Waals surface area contributed by atoms with Gasteiger partial charge in [-0.1, -0.05) is 0 Å². The fraction of sp³-hybridized carbons (Fsp3) is 0.619. The second kappa shape index (κ2) is 9.11. The highest BCUT2D eigenvalue weighted by Gasteiger charge is 2.28. The van der Waals surface area contributed by atoms with Gasteiger partial charge < -0.3 is 19.5 Å². The van der Waals surface area contributed by atoms with Crippen LogP contribution in [0.25, 0.3) is 0 Å². The molecule has 0 aromatic heterocycles. The van der Waals surface area contributed by atoms with Crippen LogP contribution in [0.5, 0.6) is 11.5 Å². The molecule has 2 aliphatic rings. The Bertz CT molecular complexity index is 669. The normalized spacial score (nSPS) is 20.5. The van der Waals surface area contributed by atoms with Crippen LogP contribution in [0.3, 0.4) is 0 Å². The minimum Gasteiger partial charge on any atom is -0.493 e. The first-order valence-electron chi connectivity index (χ1n) is 9.96. The van der Waals surface area contributed by atoms with E-state index in [1.807, 2.05) is 4.90 Å². The largest absolute Gasteiger partial charge is 0.493 e. The Morgan fingerprint density at radius 1 is 1.11 bits per heavy atom. The molecule has 1 N–H and O–H groups in total. The van der Waals surface area contributed by atoms with E-state index >= 15 is 0 Å². The Kier molecular flexibility index (Phi) is 6.58. The fourth-order valence-electron chi connectivity index (χ4n) is 4.11. The van der Waals surface area contributed by atoms with Crippen LogP contribution in [0, 0.1) is 0 Å². The first kappa shape index (κ1) is 19.5. The van der Waals surface area contributed by atoms with Crippen molar-refractivity contribution < 1.29 is 24.2 Å². The zero-order valence-corrected chi connectivity index (χ0v) is 16.0. The van der Waals surface area contributed by atoms with Crippen molar-refractivity contribution >= 4 is 11.9 Å². The zero-order valence-electron chi connectivity index (χ0n) is 16.0. The van der Waals surface area contributed by atoms with Crippen LogP contribution >= 0.6 is 0 Å². The van der Waals surface area contributed by atoms with Crippen molar-refractivity contribution in [2.45, 2.75) is 69.9 Å². The van der Waals surface area contributed by atoms with Crippen molar-refractivity contribution in [2.75, 3.05) is 13.7 Å². The molecule has 0 radical (unpaired) electrons. The molecule has 0 bridgehead atoms. The molecule has 1 atom stereocenters. The molecule has 1 aliphatic carbocycles. The number of benzene rings is 1. The zero-order chi connectivity index (χ0) is 19.2. The molecular weight excluding hydrogens is 346 g/mol. The highest BCUT2D eigenvalue weighted by atomic mass is 16.5. The number of carboxylic acid groups (broad SMARTS) is 1. The predicted molar refractivity (Wildman–Crippen MR) is 101 cm³/mol. The number of nitrogens with zero attached hydrogens (tertiary/aromatic N) is 1. The minimum atomic E-state index is -0.815. The van der Waals surface area contributed by atoms with Crippen molar-refractivity contribution in [3.8, 4) is 11.5 Å². The lowest BCUT2D eigenvalue weighted by Crippen LogP contribution is -2.44. The van der Waals surface area contributed by atoms with E-state index in [9.17, 15) is 9.59 Å². The number of hydrogen-bond donors (Lipinski definition) is 1. The first-order chi connectivity index (χ1) is 13.1. The number of piperidine rings is 1. The van der Waals surface area contributed by atoms with Gasteiger partial charge in [-0.05, 0) is 69.6 Å². The summed E-state index contributed by atoms with van der Waals surface area (Å²) in [7, 11) is 1.60. The van der Waals surface area contributed by atoms with Crippen LogP contribution in [-0.2, 0) is 4.79 Å². The topological polar surface area (TPSA) is 76.1 Å². The molecule has 1 aromatic rings. The van der Waals surface area contributed by atoms with Gasteiger partial charge in [-0.25, -0.2) is 0 Å². The SMILES string of the molecule is COc1ccc(C(=O)N2CCCCC2CCC(=O)O)cc1OC1CCCC1. The van der Waals surface area contributed by atoms with E-state index in [0.29, 0.717) is 30.0 Å². The van der Waals surface area contributed by atoms with E-state index in [-0.39, 0.29) is 24.5 Å². The minimum absolute atomic E-state index is 0.0105. The Hall–Kier alpha value is -2.24. The molecule has 1 saturated heterocycles. The summed E-state index contributed by atoms with van der Waals surface area (Å²) < 4.78 is 11.5. The quantitative estimate of drug-likeness (QED) is 0.783. The molecular formula is C21H29NO5. The number of methoxy groups -OCH3 is 1.